The summed E-state index contributed by atoms with van der Waals surface area (Å²) in [4.78, 5) is 0. The normalized spacial score (nSPS) is 12.4. The van der Waals surface area contributed by atoms with E-state index in [1.807, 2.05) is 0 Å². The fourth-order valence-electron chi connectivity index (χ4n) is 2.28. The minimum atomic E-state index is -0.107. The Balaban J connectivity index is 2.20. The largest absolute Gasteiger partial charge is 0.113 e. The summed E-state index contributed by atoms with van der Waals surface area (Å²) in [6.45, 7) is 4.31. The van der Waals surface area contributed by atoms with Crippen molar-refractivity contribution in [3.63, 3.8) is 0 Å². The monoisotopic (exact) mass is 350 g/mol. The number of aryl methyl sites for hydroxylation is 2. The molecule has 0 bridgehead atoms. The minimum Gasteiger partial charge on any atom is -0.113 e. The Morgan fingerprint density at radius 2 is 1.80 bits per heavy atom. The molecule has 2 aromatic carbocycles. The first-order valence-corrected chi connectivity index (χ1v) is 8.34. The van der Waals surface area contributed by atoms with Gasteiger partial charge in [0.05, 0.1) is 5.38 Å². The first-order chi connectivity index (χ1) is 9.63. The smallest absolute Gasteiger partial charge is 0.0846 e. The lowest BCUT2D eigenvalue weighted by Gasteiger charge is -2.14. The van der Waals surface area contributed by atoms with Gasteiger partial charge in [0.1, 0.15) is 0 Å². The molecule has 2 heteroatoms. The lowest BCUT2D eigenvalue weighted by atomic mass is 10.00. The number of hydrogen-bond donors (Lipinski definition) is 0. The Hall–Kier alpha value is -0.790. The van der Waals surface area contributed by atoms with E-state index in [9.17, 15) is 0 Å². The molecule has 0 N–H and O–H groups in total. The van der Waals surface area contributed by atoms with Crippen molar-refractivity contribution in [2.45, 2.75) is 38.5 Å². The zero-order valence-corrected chi connectivity index (χ0v) is 14.3. The third-order valence-electron chi connectivity index (χ3n) is 3.59. The third-order valence-corrected chi connectivity index (χ3v) is 5.16. The molecule has 0 aliphatic carbocycles. The van der Waals surface area contributed by atoms with Crippen molar-refractivity contribution in [2.24, 2.45) is 0 Å². The number of hydrogen-bond acceptors (Lipinski definition) is 0. The molecule has 0 aliphatic heterocycles. The summed E-state index contributed by atoms with van der Waals surface area (Å²) in [6, 6.07) is 14.9. The Labute approximate surface area is 135 Å². The summed E-state index contributed by atoms with van der Waals surface area (Å²) in [5.41, 5.74) is 4.89. The van der Waals surface area contributed by atoms with Crippen molar-refractivity contribution in [1.29, 1.82) is 0 Å². The summed E-state index contributed by atoms with van der Waals surface area (Å²) in [5.74, 6) is 0. The maximum atomic E-state index is 6.64. The van der Waals surface area contributed by atoms with Crippen LogP contribution < -0.4 is 0 Å². The van der Waals surface area contributed by atoms with Gasteiger partial charge in [0, 0.05) is 4.47 Å². The van der Waals surface area contributed by atoms with Gasteiger partial charge in [-0.05, 0) is 42.0 Å². The molecule has 0 fully saturated rings. The van der Waals surface area contributed by atoms with Gasteiger partial charge < -0.3 is 0 Å². The Morgan fingerprint density at radius 3 is 2.45 bits per heavy atom. The van der Waals surface area contributed by atoms with Gasteiger partial charge in [-0.2, -0.15) is 0 Å². The van der Waals surface area contributed by atoms with Crippen LogP contribution in [-0.4, -0.2) is 0 Å². The lowest BCUT2D eigenvalue weighted by molar-refractivity contribution is 0.794. The topological polar surface area (TPSA) is 0 Å². The molecule has 106 valence electrons. The molecule has 0 amide bonds. The molecule has 0 aromatic heterocycles. The molecule has 0 nitrogen and oxygen atoms in total. The van der Waals surface area contributed by atoms with E-state index in [-0.39, 0.29) is 5.38 Å². The standard InChI is InChI=1S/C18H20BrCl/c1-3-4-7-14-9-11-15(12-10-14)18(20)16-8-5-6-13(2)17(16)19/h5-6,8-12,18H,3-4,7H2,1-2H3. The van der Waals surface area contributed by atoms with Crippen molar-refractivity contribution in [1.82, 2.24) is 0 Å². The number of halogens is 2. The number of unbranched alkanes of at least 4 members (excludes halogenated alkanes) is 1. The van der Waals surface area contributed by atoms with Crippen LogP contribution in [0.4, 0.5) is 0 Å². The van der Waals surface area contributed by atoms with E-state index < -0.39 is 0 Å². The van der Waals surface area contributed by atoms with Gasteiger partial charge in [0.2, 0.25) is 0 Å². The van der Waals surface area contributed by atoms with E-state index in [1.165, 1.54) is 24.0 Å². The molecule has 1 unspecified atom stereocenters. The van der Waals surface area contributed by atoms with Crippen molar-refractivity contribution in [3.05, 3.63) is 69.2 Å². The predicted octanol–water partition coefficient (Wildman–Crippen LogP) is 6.43. The van der Waals surface area contributed by atoms with Crippen molar-refractivity contribution in [3.8, 4) is 0 Å². The molecule has 0 spiro atoms. The van der Waals surface area contributed by atoms with Crippen LogP contribution in [0.15, 0.2) is 46.9 Å². The van der Waals surface area contributed by atoms with Crippen LogP contribution in [0.1, 0.15) is 47.4 Å². The van der Waals surface area contributed by atoms with Gasteiger partial charge >= 0.3 is 0 Å². The summed E-state index contributed by atoms with van der Waals surface area (Å²) in [6.07, 6.45) is 3.63. The first-order valence-electron chi connectivity index (χ1n) is 7.11. The van der Waals surface area contributed by atoms with Gasteiger partial charge in [0.15, 0.2) is 0 Å². The van der Waals surface area contributed by atoms with Crippen LogP contribution in [0.5, 0.6) is 0 Å². The van der Waals surface area contributed by atoms with E-state index in [2.05, 4.69) is 72.2 Å². The van der Waals surface area contributed by atoms with Gasteiger partial charge in [0.25, 0.3) is 0 Å². The molecule has 0 aliphatic rings. The fraction of sp³-hybridized carbons (Fsp3) is 0.333. The van der Waals surface area contributed by atoms with Crippen LogP contribution in [0.25, 0.3) is 0 Å². The first kappa shape index (κ1) is 15.6. The highest BCUT2D eigenvalue weighted by atomic mass is 79.9. The fourth-order valence-corrected chi connectivity index (χ4v) is 3.23. The van der Waals surface area contributed by atoms with Gasteiger partial charge in [-0.15, -0.1) is 11.6 Å². The van der Waals surface area contributed by atoms with E-state index >= 15 is 0 Å². The van der Waals surface area contributed by atoms with Crippen molar-refractivity contribution >= 4 is 27.5 Å². The molecule has 2 rings (SSSR count). The zero-order valence-electron chi connectivity index (χ0n) is 12.0. The Morgan fingerprint density at radius 1 is 1.10 bits per heavy atom. The van der Waals surface area contributed by atoms with E-state index in [4.69, 9.17) is 11.6 Å². The Bertz CT molecular complexity index is 560. The maximum absolute atomic E-state index is 6.64. The average molecular weight is 352 g/mol. The van der Waals surface area contributed by atoms with Gasteiger partial charge in [-0.25, -0.2) is 0 Å². The van der Waals surface area contributed by atoms with Crippen LogP contribution >= 0.6 is 27.5 Å². The highest BCUT2D eigenvalue weighted by molar-refractivity contribution is 9.10. The molecule has 20 heavy (non-hydrogen) atoms. The number of rotatable bonds is 5. The van der Waals surface area contributed by atoms with Crippen LogP contribution in [0, 0.1) is 6.92 Å². The maximum Gasteiger partial charge on any atom is 0.0846 e. The van der Waals surface area contributed by atoms with Crippen LogP contribution in [0.3, 0.4) is 0 Å². The quantitative estimate of drug-likeness (QED) is 0.545. The second-order valence-corrected chi connectivity index (χ2v) is 6.42. The summed E-state index contributed by atoms with van der Waals surface area (Å²) < 4.78 is 1.11. The number of alkyl halides is 1. The van der Waals surface area contributed by atoms with Crippen LogP contribution in [-0.2, 0) is 6.42 Å². The van der Waals surface area contributed by atoms with E-state index in [0.717, 1.165) is 22.0 Å². The van der Waals surface area contributed by atoms with E-state index in [1.54, 1.807) is 0 Å². The minimum absolute atomic E-state index is 0.107. The summed E-state index contributed by atoms with van der Waals surface area (Å²) >= 11 is 10.3. The van der Waals surface area contributed by atoms with Crippen molar-refractivity contribution < 1.29 is 0 Å². The third kappa shape index (κ3) is 3.65. The second kappa shape index (κ2) is 7.28. The molecule has 2 aromatic rings. The molecular weight excluding hydrogens is 332 g/mol. The van der Waals surface area contributed by atoms with Gasteiger partial charge in [-0.3, -0.25) is 0 Å². The number of benzene rings is 2. The van der Waals surface area contributed by atoms with E-state index in [0.29, 0.717) is 0 Å². The Kier molecular flexibility index (Phi) is 5.68. The zero-order chi connectivity index (χ0) is 14.5. The van der Waals surface area contributed by atoms with Crippen LogP contribution in [0.2, 0.25) is 0 Å². The van der Waals surface area contributed by atoms with Crippen molar-refractivity contribution in [2.75, 3.05) is 0 Å². The molecule has 0 heterocycles. The highest BCUT2D eigenvalue weighted by Crippen LogP contribution is 2.35. The second-order valence-electron chi connectivity index (χ2n) is 5.19. The SMILES string of the molecule is CCCCc1ccc(C(Cl)c2cccc(C)c2Br)cc1. The molecule has 0 saturated heterocycles. The summed E-state index contributed by atoms with van der Waals surface area (Å²) in [5, 5.41) is -0.107. The predicted molar refractivity (Wildman–Crippen MR) is 91.6 cm³/mol. The molecule has 0 saturated carbocycles. The molecule has 0 radical (unpaired) electrons. The lowest BCUT2D eigenvalue weighted by Crippen LogP contribution is -1.96. The average Bonchev–Trinajstić information content (AvgIpc) is 2.48. The molecular formula is C18H20BrCl. The highest BCUT2D eigenvalue weighted by Gasteiger charge is 2.14. The summed E-state index contributed by atoms with van der Waals surface area (Å²) in [7, 11) is 0. The molecule has 1 atom stereocenters. The van der Waals surface area contributed by atoms with Gasteiger partial charge in [-0.1, -0.05) is 71.7 Å².